The number of ether oxygens (including phenoxy) is 1. The highest BCUT2D eigenvalue weighted by Crippen LogP contribution is 2.34. The molecule has 1 atom stereocenters. The standard InChI is InChI=1S/C28H30Cl2N6O2/c1-28(2,3)38-27(37)35-14-6-7-18(16-35)15-31-24-23-26(33-17-32-24)36(20-12-10-19(29)11-13-20)25(34-23)21-8-4-5-9-22(21)30/h4-5,8-13,17-18H,6-7,14-16H2,1-3H3,(H,31,32,33). The molecule has 4 aromatic rings. The average Bonchev–Trinajstić information content (AvgIpc) is 3.27. The maximum absolute atomic E-state index is 12.6. The predicted octanol–water partition coefficient (Wildman–Crippen LogP) is 6.85. The molecule has 5 rings (SSSR count). The third-order valence-corrected chi connectivity index (χ3v) is 6.95. The molecule has 0 bridgehead atoms. The van der Waals surface area contributed by atoms with Gasteiger partial charge in [0, 0.05) is 35.9 Å². The Morgan fingerprint density at radius 2 is 1.87 bits per heavy atom. The Kier molecular flexibility index (Phi) is 7.45. The van der Waals surface area contributed by atoms with E-state index < -0.39 is 5.60 Å². The lowest BCUT2D eigenvalue weighted by atomic mass is 9.98. The van der Waals surface area contributed by atoms with Crippen molar-refractivity contribution in [3.8, 4) is 17.1 Å². The number of nitrogens with zero attached hydrogens (tertiary/aromatic N) is 5. The van der Waals surface area contributed by atoms with E-state index in [9.17, 15) is 4.79 Å². The molecule has 0 radical (unpaired) electrons. The number of carbonyl (C=O) groups is 1. The lowest BCUT2D eigenvalue weighted by Gasteiger charge is -2.34. The zero-order chi connectivity index (χ0) is 26.9. The van der Waals surface area contributed by atoms with E-state index in [0.29, 0.717) is 52.5 Å². The fourth-order valence-corrected chi connectivity index (χ4v) is 4.99. The number of nitrogens with one attached hydrogen (secondary N) is 1. The number of rotatable bonds is 5. The first-order chi connectivity index (χ1) is 18.2. The number of halogens is 2. The van der Waals surface area contributed by atoms with Gasteiger partial charge in [-0.2, -0.15) is 0 Å². The molecule has 1 N–H and O–H groups in total. The van der Waals surface area contributed by atoms with Gasteiger partial charge >= 0.3 is 6.09 Å². The largest absolute Gasteiger partial charge is 0.444 e. The van der Waals surface area contributed by atoms with E-state index in [-0.39, 0.29) is 12.0 Å². The van der Waals surface area contributed by atoms with Crippen molar-refractivity contribution in [2.24, 2.45) is 5.92 Å². The third kappa shape index (κ3) is 5.71. The molecule has 2 aromatic heterocycles. The Bertz CT molecular complexity index is 1450. The SMILES string of the molecule is CC(C)(C)OC(=O)N1CCCC(CNc2ncnc3c2nc(-c2ccccc2Cl)n3-c2ccc(Cl)cc2)C1. The van der Waals surface area contributed by atoms with Crippen LogP contribution in [0.3, 0.4) is 0 Å². The summed E-state index contributed by atoms with van der Waals surface area (Å²) in [4.78, 5) is 28.5. The minimum absolute atomic E-state index is 0.252. The fraction of sp³-hybridized carbons (Fsp3) is 0.357. The van der Waals surface area contributed by atoms with Gasteiger partial charge in [-0.25, -0.2) is 19.7 Å². The van der Waals surface area contributed by atoms with Crippen LogP contribution >= 0.6 is 23.2 Å². The summed E-state index contributed by atoms with van der Waals surface area (Å²) < 4.78 is 7.54. The van der Waals surface area contributed by atoms with Crippen molar-refractivity contribution >= 4 is 46.3 Å². The van der Waals surface area contributed by atoms with Gasteiger partial charge in [-0.1, -0.05) is 35.3 Å². The first-order valence-electron chi connectivity index (χ1n) is 12.7. The highest BCUT2D eigenvalue weighted by atomic mass is 35.5. The van der Waals surface area contributed by atoms with Gasteiger partial charge in [-0.15, -0.1) is 0 Å². The van der Waals surface area contributed by atoms with Crippen molar-refractivity contribution in [3.05, 3.63) is 64.9 Å². The van der Waals surface area contributed by atoms with Crippen molar-refractivity contribution in [3.63, 3.8) is 0 Å². The van der Waals surface area contributed by atoms with Gasteiger partial charge in [0.15, 0.2) is 17.0 Å². The Labute approximate surface area is 232 Å². The summed E-state index contributed by atoms with van der Waals surface area (Å²) in [6.45, 7) is 7.62. The summed E-state index contributed by atoms with van der Waals surface area (Å²) in [6.07, 6.45) is 3.19. The maximum Gasteiger partial charge on any atom is 0.410 e. The minimum atomic E-state index is -0.517. The summed E-state index contributed by atoms with van der Waals surface area (Å²) in [7, 11) is 0. The second-order valence-corrected chi connectivity index (χ2v) is 11.3. The second kappa shape index (κ2) is 10.8. The molecule has 1 fully saturated rings. The molecule has 2 aromatic carbocycles. The molecular formula is C28H30Cl2N6O2. The number of amides is 1. The summed E-state index contributed by atoms with van der Waals surface area (Å²) in [5.41, 5.74) is 2.41. The van der Waals surface area contributed by atoms with Crippen LogP contribution in [-0.4, -0.2) is 55.7 Å². The number of aromatic nitrogens is 4. The summed E-state index contributed by atoms with van der Waals surface area (Å²) >= 11 is 12.7. The molecule has 10 heteroatoms. The number of hydrogen-bond acceptors (Lipinski definition) is 6. The summed E-state index contributed by atoms with van der Waals surface area (Å²) in [5.74, 6) is 1.54. The van der Waals surface area contributed by atoms with Gasteiger partial charge in [0.1, 0.15) is 17.8 Å². The minimum Gasteiger partial charge on any atom is -0.444 e. The van der Waals surface area contributed by atoms with Crippen molar-refractivity contribution in [2.45, 2.75) is 39.2 Å². The third-order valence-electron chi connectivity index (χ3n) is 6.37. The molecule has 1 unspecified atom stereocenters. The van der Waals surface area contributed by atoms with Gasteiger partial charge in [-0.05, 0) is 75.9 Å². The number of fused-ring (bicyclic) bond motifs is 1. The number of anilines is 1. The van der Waals surface area contributed by atoms with E-state index in [1.54, 1.807) is 4.90 Å². The predicted molar refractivity (Wildman–Crippen MR) is 151 cm³/mol. The first-order valence-corrected chi connectivity index (χ1v) is 13.4. The number of imidazole rings is 1. The Hall–Kier alpha value is -3.36. The number of carbonyl (C=O) groups excluding carboxylic acids is 1. The fourth-order valence-electron chi connectivity index (χ4n) is 4.64. The van der Waals surface area contributed by atoms with Gasteiger partial charge in [0.2, 0.25) is 0 Å². The zero-order valence-corrected chi connectivity index (χ0v) is 23.1. The van der Waals surface area contributed by atoms with Crippen LogP contribution in [0, 0.1) is 5.92 Å². The molecule has 38 heavy (non-hydrogen) atoms. The number of hydrogen-bond donors (Lipinski definition) is 1. The quantitative estimate of drug-likeness (QED) is 0.291. The molecule has 0 aliphatic carbocycles. The van der Waals surface area contributed by atoms with Crippen LogP contribution in [0.1, 0.15) is 33.6 Å². The van der Waals surface area contributed by atoms with Crippen LogP contribution < -0.4 is 5.32 Å². The van der Waals surface area contributed by atoms with Crippen LogP contribution in [0.2, 0.25) is 10.0 Å². The summed E-state index contributed by atoms with van der Waals surface area (Å²) in [6, 6.07) is 15.1. The van der Waals surface area contributed by atoms with E-state index in [1.165, 1.54) is 6.33 Å². The molecule has 1 aliphatic heterocycles. The van der Waals surface area contributed by atoms with Gasteiger partial charge in [0.25, 0.3) is 0 Å². The molecule has 198 valence electrons. The monoisotopic (exact) mass is 552 g/mol. The average molecular weight is 553 g/mol. The molecule has 1 aliphatic rings. The van der Waals surface area contributed by atoms with Crippen LogP contribution in [0.15, 0.2) is 54.9 Å². The molecule has 3 heterocycles. The smallest absolute Gasteiger partial charge is 0.410 e. The van der Waals surface area contributed by atoms with Crippen molar-refractivity contribution < 1.29 is 9.53 Å². The first kappa shape index (κ1) is 26.3. The summed E-state index contributed by atoms with van der Waals surface area (Å²) in [5, 5.41) is 4.70. The lowest BCUT2D eigenvalue weighted by molar-refractivity contribution is 0.0172. The molecule has 1 amide bonds. The Balaban J connectivity index is 1.45. The van der Waals surface area contributed by atoms with Gasteiger partial charge < -0.3 is 15.0 Å². The van der Waals surface area contributed by atoms with Crippen LogP contribution in [0.4, 0.5) is 10.6 Å². The molecule has 0 saturated carbocycles. The molecular weight excluding hydrogens is 523 g/mol. The van der Waals surface area contributed by atoms with E-state index in [4.69, 9.17) is 32.9 Å². The van der Waals surface area contributed by atoms with Crippen molar-refractivity contribution in [1.82, 2.24) is 24.4 Å². The Morgan fingerprint density at radius 1 is 1.11 bits per heavy atom. The maximum atomic E-state index is 12.6. The van der Waals surface area contributed by atoms with Gasteiger partial charge in [-0.3, -0.25) is 4.57 Å². The van der Waals surface area contributed by atoms with Crippen molar-refractivity contribution in [1.29, 1.82) is 0 Å². The zero-order valence-electron chi connectivity index (χ0n) is 21.6. The lowest BCUT2D eigenvalue weighted by Crippen LogP contribution is -2.44. The molecule has 1 saturated heterocycles. The van der Waals surface area contributed by atoms with Gasteiger partial charge in [0.05, 0.1) is 5.02 Å². The highest BCUT2D eigenvalue weighted by molar-refractivity contribution is 6.33. The van der Waals surface area contributed by atoms with Crippen molar-refractivity contribution in [2.75, 3.05) is 25.0 Å². The highest BCUT2D eigenvalue weighted by Gasteiger charge is 2.28. The number of piperidine rings is 1. The van der Waals surface area contributed by atoms with Crippen LogP contribution in [-0.2, 0) is 4.74 Å². The second-order valence-electron chi connectivity index (χ2n) is 10.4. The molecule has 0 spiro atoms. The van der Waals surface area contributed by atoms with Crippen LogP contribution in [0.25, 0.3) is 28.2 Å². The van der Waals surface area contributed by atoms with Crippen LogP contribution in [0.5, 0.6) is 0 Å². The molecule has 8 nitrogen and oxygen atoms in total. The van der Waals surface area contributed by atoms with E-state index in [1.807, 2.05) is 73.9 Å². The number of benzene rings is 2. The van der Waals surface area contributed by atoms with E-state index in [2.05, 4.69) is 15.3 Å². The topological polar surface area (TPSA) is 85.2 Å². The Morgan fingerprint density at radius 3 is 2.61 bits per heavy atom. The normalized spacial score (nSPS) is 16.0. The van der Waals surface area contributed by atoms with E-state index in [0.717, 1.165) is 24.1 Å². The number of likely N-dealkylation sites (tertiary alicyclic amines) is 1. The van der Waals surface area contributed by atoms with E-state index >= 15 is 0 Å².